The summed E-state index contributed by atoms with van der Waals surface area (Å²) < 4.78 is 4.80. The highest BCUT2D eigenvalue weighted by Crippen LogP contribution is 2.40. The van der Waals surface area contributed by atoms with Crippen molar-refractivity contribution in [1.82, 2.24) is 19.9 Å². The van der Waals surface area contributed by atoms with Gasteiger partial charge < -0.3 is 20.2 Å². The highest BCUT2D eigenvalue weighted by Gasteiger charge is 2.23. The van der Waals surface area contributed by atoms with Crippen molar-refractivity contribution in [3.63, 3.8) is 0 Å². The van der Waals surface area contributed by atoms with E-state index >= 15 is 0 Å². The second-order valence-corrected chi connectivity index (χ2v) is 14.2. The van der Waals surface area contributed by atoms with Crippen molar-refractivity contribution < 1.29 is 0 Å². The Bertz CT molecular complexity index is 2800. The van der Waals surface area contributed by atoms with Gasteiger partial charge in [-0.1, -0.05) is 152 Å². The van der Waals surface area contributed by atoms with Crippen LogP contribution in [0.5, 0.6) is 0 Å². The number of nitrogens with two attached hydrogens (primary N) is 2. The van der Waals surface area contributed by atoms with Crippen molar-refractivity contribution in [2.75, 3.05) is 0 Å². The molecule has 0 saturated carbocycles. The average Bonchev–Trinajstić information content (AvgIpc) is 3.76. The minimum atomic E-state index is -0.228. The van der Waals surface area contributed by atoms with Gasteiger partial charge in [0.1, 0.15) is 6.17 Å². The molecule has 2 aliphatic rings. The van der Waals surface area contributed by atoms with Crippen LogP contribution in [0.2, 0.25) is 0 Å². The van der Waals surface area contributed by atoms with E-state index in [-0.39, 0.29) is 18.2 Å². The molecule has 6 aromatic carbocycles. The molecule has 56 heavy (non-hydrogen) atoms. The zero-order chi connectivity index (χ0) is 37.8. The quantitative estimate of drug-likeness (QED) is 0.101. The third-order valence-electron chi connectivity index (χ3n) is 10.8. The summed E-state index contributed by atoms with van der Waals surface area (Å²) >= 11 is 0. The Hall–Kier alpha value is -6.70. The molecule has 0 radical (unpaired) electrons. The maximum Gasteiger partial charge on any atom is 0.123 e. The second-order valence-electron chi connectivity index (χ2n) is 14.2. The lowest BCUT2D eigenvalue weighted by molar-refractivity contribution is 0.527. The van der Waals surface area contributed by atoms with Crippen LogP contribution in [0.1, 0.15) is 29.8 Å². The first-order chi connectivity index (χ1) is 27.7. The zero-order valence-electron chi connectivity index (χ0n) is 31.0. The molecule has 0 bridgehead atoms. The number of hydrogen-bond acceptors (Lipinski definition) is 4. The highest BCUT2D eigenvalue weighted by atomic mass is 15.2. The van der Waals surface area contributed by atoms with Gasteiger partial charge in [-0.15, -0.1) is 0 Å². The molecular weight excluding hydrogens is 685 g/mol. The summed E-state index contributed by atoms with van der Waals surface area (Å²) in [6.07, 6.45) is 17.8. The lowest BCUT2D eigenvalue weighted by Crippen LogP contribution is -2.33. The number of rotatable bonds is 6. The number of nitrogens with zero attached hydrogens (tertiary/aromatic N) is 2. The standard InChI is InChI=1S/C36H28N4.C14H16N2/c37-36(24-12-3-1-4-13-24)30-18-11-21-35(38-30)40-32-20-10-8-17-27(32)29-22-28-26-16-7-9-19-31(26)39(33(28)23-34(29)40)25-14-5-2-6-15-25;15-16-14-10-4-8-13(9-5-11-14)12-6-2-1-3-7-12/h1-23,35-36,38H,37H2;1-10,14,16H,11,15H2/b;9-5-,10-4+,13-8+. The Labute approximate surface area is 327 Å². The van der Waals surface area contributed by atoms with Crippen LogP contribution < -0.4 is 22.3 Å². The number of fused-ring (bicyclic) bond motifs is 6. The molecule has 8 aromatic rings. The lowest BCUT2D eigenvalue weighted by Gasteiger charge is -2.28. The number of allylic oxidation sites excluding steroid dienone is 6. The normalized spacial score (nSPS) is 19.2. The van der Waals surface area contributed by atoms with Gasteiger partial charge in [-0.05, 0) is 71.7 Å². The van der Waals surface area contributed by atoms with Crippen molar-refractivity contribution in [2.24, 2.45) is 11.6 Å². The van der Waals surface area contributed by atoms with Crippen LogP contribution in [-0.4, -0.2) is 15.2 Å². The van der Waals surface area contributed by atoms with E-state index in [2.05, 4.69) is 196 Å². The molecule has 1 aliphatic heterocycles. The first-order valence-corrected chi connectivity index (χ1v) is 19.2. The van der Waals surface area contributed by atoms with Gasteiger partial charge in [0.2, 0.25) is 0 Å². The number of nitrogens with one attached hydrogen (secondary N) is 2. The molecule has 6 N–H and O–H groups in total. The van der Waals surface area contributed by atoms with Gasteiger partial charge in [-0.3, -0.25) is 11.3 Å². The van der Waals surface area contributed by atoms with Crippen LogP contribution in [0.3, 0.4) is 0 Å². The molecule has 6 nitrogen and oxygen atoms in total. The first kappa shape index (κ1) is 35.0. The molecule has 2 aromatic heterocycles. The number of hydrazine groups is 1. The van der Waals surface area contributed by atoms with Crippen molar-refractivity contribution in [1.29, 1.82) is 0 Å². The van der Waals surface area contributed by atoms with E-state index in [1.807, 2.05) is 24.3 Å². The molecule has 10 rings (SSSR count). The van der Waals surface area contributed by atoms with Crippen LogP contribution >= 0.6 is 0 Å². The molecule has 6 heteroatoms. The average molecular weight is 729 g/mol. The molecule has 0 saturated heterocycles. The van der Waals surface area contributed by atoms with Crippen LogP contribution in [0.15, 0.2) is 206 Å². The van der Waals surface area contributed by atoms with Gasteiger partial charge in [0.05, 0.1) is 28.1 Å². The summed E-state index contributed by atoms with van der Waals surface area (Å²) in [6, 6.07) is 53.4. The predicted molar refractivity (Wildman–Crippen MR) is 235 cm³/mol. The van der Waals surface area contributed by atoms with Gasteiger partial charge in [0.25, 0.3) is 0 Å². The minimum Gasteiger partial charge on any atom is -0.363 e. The number of para-hydroxylation sites is 3. The molecule has 274 valence electrons. The molecule has 0 spiro atoms. The molecule has 3 atom stereocenters. The molecule has 0 fully saturated rings. The number of aromatic nitrogens is 2. The highest BCUT2D eigenvalue weighted by molar-refractivity contribution is 6.18. The van der Waals surface area contributed by atoms with Crippen LogP contribution in [0, 0.1) is 0 Å². The summed E-state index contributed by atoms with van der Waals surface area (Å²) in [5.41, 5.74) is 20.0. The number of hydrogen-bond donors (Lipinski definition) is 4. The van der Waals surface area contributed by atoms with Crippen LogP contribution in [0.4, 0.5) is 0 Å². The largest absolute Gasteiger partial charge is 0.363 e. The van der Waals surface area contributed by atoms with E-state index in [1.54, 1.807) is 0 Å². The smallest absolute Gasteiger partial charge is 0.123 e. The van der Waals surface area contributed by atoms with E-state index in [0.29, 0.717) is 0 Å². The number of dihydropyridines is 1. The van der Waals surface area contributed by atoms with Gasteiger partial charge >= 0.3 is 0 Å². The van der Waals surface area contributed by atoms with Crippen molar-refractivity contribution in [2.45, 2.75) is 24.7 Å². The van der Waals surface area contributed by atoms with E-state index in [0.717, 1.165) is 23.4 Å². The lowest BCUT2D eigenvalue weighted by atomic mass is 10.0. The van der Waals surface area contributed by atoms with Crippen molar-refractivity contribution >= 4 is 49.2 Å². The first-order valence-electron chi connectivity index (χ1n) is 19.2. The molecular formula is C50H44N6. The maximum atomic E-state index is 6.74. The van der Waals surface area contributed by atoms with E-state index in [1.165, 1.54) is 54.7 Å². The predicted octanol–water partition coefficient (Wildman–Crippen LogP) is 10.6. The fourth-order valence-electron chi connectivity index (χ4n) is 8.05. The number of benzene rings is 6. The topological polar surface area (TPSA) is 86.0 Å². The molecule has 0 amide bonds. The monoisotopic (exact) mass is 728 g/mol. The zero-order valence-corrected chi connectivity index (χ0v) is 31.0. The fraction of sp³-hybridized carbons (Fsp3) is 0.0800. The maximum absolute atomic E-state index is 6.74. The summed E-state index contributed by atoms with van der Waals surface area (Å²) in [4.78, 5) is 0. The molecule has 3 heterocycles. The van der Waals surface area contributed by atoms with Crippen LogP contribution in [0.25, 0.3) is 54.9 Å². The summed E-state index contributed by atoms with van der Waals surface area (Å²) in [7, 11) is 0. The third kappa shape index (κ3) is 6.67. The van der Waals surface area contributed by atoms with Crippen molar-refractivity contribution in [3.05, 3.63) is 217 Å². The Morgan fingerprint density at radius 3 is 1.98 bits per heavy atom. The van der Waals surface area contributed by atoms with Crippen LogP contribution in [-0.2, 0) is 0 Å². The second kappa shape index (κ2) is 15.6. The Morgan fingerprint density at radius 2 is 1.23 bits per heavy atom. The van der Waals surface area contributed by atoms with Gasteiger partial charge in [0.15, 0.2) is 0 Å². The van der Waals surface area contributed by atoms with Gasteiger partial charge in [-0.2, -0.15) is 0 Å². The summed E-state index contributed by atoms with van der Waals surface area (Å²) in [5.74, 6) is 5.41. The Morgan fingerprint density at radius 1 is 0.607 bits per heavy atom. The Kier molecular flexibility index (Phi) is 9.74. The SMILES string of the molecule is NC(C1=CC=CC(n2c3ccccc3c3cc4c5ccccc5n(-c5ccccc5)c4cc32)N1)c1ccccc1.NNC1/C=C/C=C(c2ccccc2)\C=C/C1. The van der Waals surface area contributed by atoms with Crippen molar-refractivity contribution in [3.8, 4) is 5.69 Å². The minimum absolute atomic E-state index is 0.0795. The van der Waals surface area contributed by atoms with Gasteiger partial charge in [-0.25, -0.2) is 0 Å². The molecule has 3 unspecified atom stereocenters. The molecule has 1 aliphatic carbocycles. The summed E-state index contributed by atoms with van der Waals surface area (Å²) in [6.45, 7) is 0. The van der Waals surface area contributed by atoms with E-state index in [9.17, 15) is 0 Å². The van der Waals surface area contributed by atoms with Gasteiger partial charge in [0, 0.05) is 39.0 Å². The van der Waals surface area contributed by atoms with E-state index in [4.69, 9.17) is 11.6 Å². The summed E-state index contributed by atoms with van der Waals surface area (Å²) in [5, 5.41) is 8.77. The third-order valence-corrected chi connectivity index (χ3v) is 10.8. The van der Waals surface area contributed by atoms with E-state index < -0.39 is 0 Å². The fourth-order valence-corrected chi connectivity index (χ4v) is 8.05. The Balaban J connectivity index is 0.000000215.